The summed E-state index contributed by atoms with van der Waals surface area (Å²) in [6, 6.07) is 13.3. The fourth-order valence-electron chi connectivity index (χ4n) is 4.14. The van der Waals surface area contributed by atoms with Crippen molar-refractivity contribution < 1.29 is 9.59 Å². The molecule has 0 saturated heterocycles. The fourth-order valence-corrected chi connectivity index (χ4v) is 5.48. The van der Waals surface area contributed by atoms with Crippen molar-refractivity contribution in [3.8, 4) is 0 Å². The van der Waals surface area contributed by atoms with Crippen LogP contribution in [0, 0.1) is 6.92 Å². The van der Waals surface area contributed by atoms with Gasteiger partial charge in [-0.15, -0.1) is 11.8 Å². The van der Waals surface area contributed by atoms with Crippen molar-refractivity contribution in [1.82, 2.24) is 10.2 Å². The number of hydrogen-bond acceptors (Lipinski definition) is 3. The molecule has 0 spiro atoms. The molecule has 1 aliphatic carbocycles. The Morgan fingerprint density at radius 2 is 1.82 bits per heavy atom. The third-order valence-electron chi connectivity index (χ3n) is 6.06. The molecule has 0 aromatic heterocycles. The maximum absolute atomic E-state index is 13.4. The highest BCUT2D eigenvalue weighted by molar-refractivity contribution is 7.99. The van der Waals surface area contributed by atoms with Gasteiger partial charge in [0.25, 0.3) is 0 Å². The maximum atomic E-state index is 13.4. The molecule has 2 aromatic carbocycles. The van der Waals surface area contributed by atoms with Crippen molar-refractivity contribution in [3.05, 3.63) is 69.2 Å². The first-order chi connectivity index (χ1) is 15.9. The molecule has 4 nitrogen and oxygen atoms in total. The van der Waals surface area contributed by atoms with Crippen molar-refractivity contribution in [2.75, 3.05) is 5.75 Å². The van der Waals surface area contributed by atoms with Crippen molar-refractivity contribution in [3.63, 3.8) is 0 Å². The first kappa shape index (κ1) is 25.9. The van der Waals surface area contributed by atoms with Crippen LogP contribution in [0.5, 0.6) is 0 Å². The van der Waals surface area contributed by atoms with Gasteiger partial charge in [-0.25, -0.2) is 0 Å². The molecule has 1 saturated carbocycles. The van der Waals surface area contributed by atoms with Crippen LogP contribution in [-0.2, 0) is 21.9 Å². The van der Waals surface area contributed by atoms with Crippen LogP contribution in [0.15, 0.2) is 42.5 Å². The lowest BCUT2D eigenvalue weighted by Gasteiger charge is -2.31. The molecule has 1 N–H and O–H groups in total. The van der Waals surface area contributed by atoms with E-state index >= 15 is 0 Å². The number of hydrogen-bond donors (Lipinski definition) is 1. The zero-order chi connectivity index (χ0) is 23.8. The fraction of sp³-hybridized carbons (Fsp3) is 0.462. The summed E-state index contributed by atoms with van der Waals surface area (Å²) in [6.45, 7) is 4.28. The first-order valence-corrected chi connectivity index (χ1v) is 13.5. The van der Waals surface area contributed by atoms with Gasteiger partial charge in [-0.05, 0) is 49.4 Å². The number of carbonyl (C=O) groups excluding carboxylic acids is 2. The standard InChI is InChI=1S/C26H32Cl2N2O2S/c1-3-24(26(32)29-22-6-4-5-7-22)30(15-20-12-13-21(27)14-23(20)28)25(31)17-33-16-19-10-8-18(2)9-11-19/h8-14,22,24H,3-7,15-17H2,1-2H3,(H,29,32)/t24-/m1/s1. The maximum Gasteiger partial charge on any atom is 0.243 e. The molecule has 178 valence electrons. The van der Waals surface area contributed by atoms with E-state index < -0.39 is 6.04 Å². The molecule has 33 heavy (non-hydrogen) atoms. The molecular formula is C26H32Cl2N2O2S. The van der Waals surface area contributed by atoms with Crippen LogP contribution in [0.3, 0.4) is 0 Å². The summed E-state index contributed by atoms with van der Waals surface area (Å²) in [5, 5.41) is 4.21. The summed E-state index contributed by atoms with van der Waals surface area (Å²) in [5.41, 5.74) is 3.17. The average Bonchev–Trinajstić information content (AvgIpc) is 3.29. The molecule has 1 atom stereocenters. The van der Waals surface area contributed by atoms with E-state index in [0.717, 1.165) is 37.0 Å². The van der Waals surface area contributed by atoms with Crippen LogP contribution in [0.2, 0.25) is 10.0 Å². The molecule has 3 rings (SSSR count). The molecular weight excluding hydrogens is 475 g/mol. The highest BCUT2D eigenvalue weighted by Crippen LogP contribution is 2.25. The summed E-state index contributed by atoms with van der Waals surface area (Å²) < 4.78 is 0. The first-order valence-electron chi connectivity index (χ1n) is 11.5. The van der Waals surface area contributed by atoms with E-state index in [0.29, 0.717) is 22.2 Å². The molecule has 0 unspecified atom stereocenters. The van der Waals surface area contributed by atoms with E-state index in [-0.39, 0.29) is 24.4 Å². The van der Waals surface area contributed by atoms with Gasteiger partial charge in [-0.2, -0.15) is 0 Å². The number of amides is 2. The number of nitrogens with zero attached hydrogens (tertiary/aromatic N) is 1. The topological polar surface area (TPSA) is 49.4 Å². The number of benzene rings is 2. The third kappa shape index (κ3) is 7.66. The summed E-state index contributed by atoms with van der Waals surface area (Å²) in [5.74, 6) is 0.900. The van der Waals surface area contributed by atoms with Gasteiger partial charge < -0.3 is 10.2 Å². The highest BCUT2D eigenvalue weighted by Gasteiger charge is 2.30. The highest BCUT2D eigenvalue weighted by atomic mass is 35.5. The lowest BCUT2D eigenvalue weighted by Crippen LogP contribution is -2.51. The minimum absolute atomic E-state index is 0.0634. The van der Waals surface area contributed by atoms with Gasteiger partial charge in [-0.1, -0.05) is 78.9 Å². The Kier molecular flexibility index (Phi) is 9.96. The Labute approximate surface area is 211 Å². The number of halogens is 2. The Bertz CT molecular complexity index is 946. The van der Waals surface area contributed by atoms with Gasteiger partial charge in [0.1, 0.15) is 6.04 Å². The second kappa shape index (κ2) is 12.7. The lowest BCUT2D eigenvalue weighted by molar-refractivity contribution is -0.139. The van der Waals surface area contributed by atoms with Gasteiger partial charge in [0.2, 0.25) is 11.8 Å². The molecule has 2 amide bonds. The summed E-state index contributed by atoms with van der Waals surface area (Å²) in [6.07, 6.45) is 4.83. The Balaban J connectivity index is 1.72. The summed E-state index contributed by atoms with van der Waals surface area (Å²) in [7, 11) is 0. The monoisotopic (exact) mass is 506 g/mol. The lowest BCUT2D eigenvalue weighted by atomic mass is 10.1. The minimum Gasteiger partial charge on any atom is -0.352 e. The summed E-state index contributed by atoms with van der Waals surface area (Å²) >= 11 is 14.0. The van der Waals surface area contributed by atoms with Gasteiger partial charge >= 0.3 is 0 Å². The van der Waals surface area contributed by atoms with Crippen LogP contribution >= 0.6 is 35.0 Å². The van der Waals surface area contributed by atoms with Crippen LogP contribution < -0.4 is 5.32 Å². The zero-order valence-corrected chi connectivity index (χ0v) is 21.6. The molecule has 0 heterocycles. The van der Waals surface area contributed by atoms with Gasteiger partial charge in [0.05, 0.1) is 5.75 Å². The average molecular weight is 508 g/mol. The smallest absolute Gasteiger partial charge is 0.243 e. The van der Waals surface area contributed by atoms with E-state index in [2.05, 4.69) is 36.5 Å². The van der Waals surface area contributed by atoms with Crippen molar-refractivity contribution in [2.24, 2.45) is 0 Å². The number of nitrogens with one attached hydrogen (secondary N) is 1. The third-order valence-corrected chi connectivity index (χ3v) is 7.63. The zero-order valence-electron chi connectivity index (χ0n) is 19.3. The summed E-state index contributed by atoms with van der Waals surface area (Å²) in [4.78, 5) is 28.2. The molecule has 1 aliphatic rings. The van der Waals surface area contributed by atoms with Crippen LogP contribution in [0.1, 0.15) is 55.7 Å². The molecule has 1 fully saturated rings. The molecule has 0 bridgehead atoms. The molecule has 2 aromatic rings. The van der Waals surface area contributed by atoms with Crippen molar-refractivity contribution in [1.29, 1.82) is 0 Å². The SMILES string of the molecule is CC[C@H](C(=O)NC1CCCC1)N(Cc1ccc(Cl)cc1Cl)C(=O)CSCc1ccc(C)cc1. The van der Waals surface area contributed by atoms with Gasteiger partial charge in [-0.3, -0.25) is 9.59 Å². The van der Waals surface area contributed by atoms with Crippen LogP contribution in [0.25, 0.3) is 0 Å². The second-order valence-electron chi connectivity index (χ2n) is 8.65. The van der Waals surface area contributed by atoms with Crippen LogP contribution in [0.4, 0.5) is 0 Å². The van der Waals surface area contributed by atoms with E-state index in [1.54, 1.807) is 28.8 Å². The molecule has 0 aliphatic heterocycles. The van der Waals surface area contributed by atoms with Crippen LogP contribution in [-0.4, -0.2) is 34.6 Å². The number of aryl methyl sites for hydroxylation is 1. The normalized spacial score (nSPS) is 14.8. The Hall–Kier alpha value is -1.69. The van der Waals surface area contributed by atoms with Gasteiger partial charge in [0.15, 0.2) is 0 Å². The minimum atomic E-state index is -0.537. The number of thioether (sulfide) groups is 1. The van der Waals surface area contributed by atoms with Gasteiger partial charge in [0, 0.05) is 28.4 Å². The molecule has 0 radical (unpaired) electrons. The van der Waals surface area contributed by atoms with E-state index in [9.17, 15) is 9.59 Å². The number of carbonyl (C=O) groups is 2. The van der Waals surface area contributed by atoms with E-state index in [1.165, 1.54) is 11.1 Å². The Morgan fingerprint density at radius 3 is 2.45 bits per heavy atom. The number of rotatable bonds is 10. The van der Waals surface area contributed by atoms with Crippen molar-refractivity contribution >= 4 is 46.8 Å². The Morgan fingerprint density at radius 1 is 1.12 bits per heavy atom. The van der Waals surface area contributed by atoms with Crippen molar-refractivity contribution in [2.45, 2.75) is 70.3 Å². The predicted molar refractivity (Wildman–Crippen MR) is 139 cm³/mol. The molecule has 7 heteroatoms. The second-order valence-corrected chi connectivity index (χ2v) is 10.5. The van der Waals surface area contributed by atoms with E-state index in [4.69, 9.17) is 23.2 Å². The predicted octanol–water partition coefficient (Wildman–Crippen LogP) is 6.40. The van der Waals surface area contributed by atoms with E-state index in [1.807, 2.05) is 13.0 Å². The largest absolute Gasteiger partial charge is 0.352 e. The quantitative estimate of drug-likeness (QED) is 0.405.